The molecule has 0 fully saturated rings. The van der Waals surface area contributed by atoms with Crippen LogP contribution in [-0.2, 0) is 0 Å². The highest BCUT2D eigenvalue weighted by atomic mass is 28.3. The molecule has 0 saturated heterocycles. The Kier molecular flexibility index (Phi) is 7.71. The molecule has 0 aliphatic carbocycles. The predicted octanol–water partition coefficient (Wildman–Crippen LogP) is 13.7. The number of benzene rings is 8. The van der Waals surface area contributed by atoms with Crippen molar-refractivity contribution >= 4 is 90.9 Å². The molecule has 0 bridgehead atoms. The van der Waals surface area contributed by atoms with Crippen LogP contribution in [0.25, 0.3) is 43.5 Å². The maximum absolute atomic E-state index is 7.03. The molecule has 0 aliphatic heterocycles. The molecule has 0 spiro atoms. The molecule has 0 saturated carbocycles. The van der Waals surface area contributed by atoms with Crippen LogP contribution in [0, 0.1) is 6.92 Å². The average Bonchev–Trinajstić information content (AvgIpc) is 3.55. The van der Waals surface area contributed by atoms with Gasteiger partial charge in [0.15, 0.2) is 0 Å². The first-order valence-corrected chi connectivity index (χ1v) is 21.5. The van der Waals surface area contributed by atoms with Crippen LogP contribution in [-0.4, -0.2) is 8.07 Å². The summed E-state index contributed by atoms with van der Waals surface area (Å²) in [6.07, 6.45) is 0. The Bertz CT molecular complexity index is 2710. The van der Waals surface area contributed by atoms with E-state index in [1.165, 1.54) is 32.3 Å². The molecule has 1 heterocycles. The Morgan fingerprint density at radius 2 is 0.769 bits per heavy atom. The van der Waals surface area contributed by atoms with Gasteiger partial charge in [0.2, 0.25) is 0 Å². The van der Waals surface area contributed by atoms with Gasteiger partial charge in [0, 0.05) is 56.4 Å². The number of hydrogen-bond acceptors (Lipinski definition) is 3. The van der Waals surface area contributed by atoms with Crippen molar-refractivity contribution < 1.29 is 4.42 Å². The summed E-state index contributed by atoms with van der Waals surface area (Å²) in [6.45, 7) is 9.32. The Labute approximate surface area is 306 Å². The largest absolute Gasteiger partial charge is 0.456 e. The SMILES string of the molecule is Cc1ccc(N(c2ccccc2)c2cc3oc4cc(N(c5ccccc5)c5ccc([Si](C)(C)C)cc5)c5ccccc5c4c3c3ccccc23)cc1. The highest BCUT2D eigenvalue weighted by Gasteiger charge is 2.24. The zero-order valence-corrected chi connectivity index (χ0v) is 31.0. The lowest BCUT2D eigenvalue weighted by molar-refractivity contribution is 0.669. The molecule has 52 heavy (non-hydrogen) atoms. The fourth-order valence-corrected chi connectivity index (χ4v) is 8.81. The van der Waals surface area contributed by atoms with Gasteiger partial charge in [-0.1, -0.05) is 140 Å². The van der Waals surface area contributed by atoms with Gasteiger partial charge in [0.1, 0.15) is 11.2 Å². The van der Waals surface area contributed by atoms with E-state index in [4.69, 9.17) is 4.42 Å². The second-order valence-corrected chi connectivity index (χ2v) is 19.8. The number of furan rings is 1. The molecule has 8 aromatic carbocycles. The van der Waals surface area contributed by atoms with E-state index in [1.807, 2.05) is 0 Å². The molecule has 0 N–H and O–H groups in total. The monoisotopic (exact) mass is 688 g/mol. The van der Waals surface area contributed by atoms with Crippen LogP contribution in [0.1, 0.15) is 5.56 Å². The first kappa shape index (κ1) is 31.8. The van der Waals surface area contributed by atoms with Crippen molar-refractivity contribution in [2.75, 3.05) is 9.80 Å². The normalized spacial score (nSPS) is 11.8. The summed E-state index contributed by atoms with van der Waals surface area (Å²) in [7, 11) is -1.47. The second kappa shape index (κ2) is 12.6. The number of hydrogen-bond donors (Lipinski definition) is 0. The molecular formula is C48H40N2OSi. The Morgan fingerprint density at radius 3 is 1.19 bits per heavy atom. The first-order chi connectivity index (χ1) is 25.3. The van der Waals surface area contributed by atoms with Crippen molar-refractivity contribution in [1.29, 1.82) is 0 Å². The molecular weight excluding hydrogens is 649 g/mol. The molecule has 0 radical (unpaired) electrons. The summed E-state index contributed by atoms with van der Waals surface area (Å²) < 4.78 is 7.03. The van der Waals surface area contributed by atoms with Gasteiger partial charge in [-0.25, -0.2) is 0 Å². The van der Waals surface area contributed by atoms with Crippen molar-refractivity contribution in [2.24, 2.45) is 0 Å². The fraction of sp³-hybridized carbons (Fsp3) is 0.0833. The molecule has 252 valence electrons. The van der Waals surface area contributed by atoms with E-state index in [0.29, 0.717) is 0 Å². The van der Waals surface area contributed by atoms with E-state index in [2.05, 4.69) is 206 Å². The summed E-state index contributed by atoms with van der Waals surface area (Å²) in [5, 5.41) is 8.41. The molecule has 0 atom stereocenters. The maximum Gasteiger partial charge on any atom is 0.138 e. The van der Waals surface area contributed by atoms with Crippen molar-refractivity contribution in [3.8, 4) is 0 Å². The van der Waals surface area contributed by atoms with Crippen LogP contribution in [0.5, 0.6) is 0 Å². The Hall–Kier alpha value is -6.10. The summed E-state index contributed by atoms with van der Waals surface area (Å²) in [5.74, 6) is 0. The van der Waals surface area contributed by atoms with Crippen LogP contribution in [0.3, 0.4) is 0 Å². The molecule has 0 amide bonds. The molecule has 9 rings (SSSR count). The first-order valence-electron chi connectivity index (χ1n) is 18.0. The molecule has 3 nitrogen and oxygen atoms in total. The molecule has 0 aliphatic rings. The lowest BCUT2D eigenvalue weighted by atomic mass is 9.96. The predicted molar refractivity (Wildman–Crippen MR) is 226 cm³/mol. The van der Waals surface area contributed by atoms with E-state index in [-0.39, 0.29) is 0 Å². The summed E-state index contributed by atoms with van der Waals surface area (Å²) in [6, 6.07) is 61.3. The minimum Gasteiger partial charge on any atom is -0.456 e. The smallest absolute Gasteiger partial charge is 0.138 e. The van der Waals surface area contributed by atoms with Crippen molar-refractivity contribution in [2.45, 2.75) is 26.6 Å². The van der Waals surface area contributed by atoms with Crippen molar-refractivity contribution in [3.63, 3.8) is 0 Å². The van der Waals surface area contributed by atoms with Gasteiger partial charge in [-0.3, -0.25) is 0 Å². The lowest BCUT2D eigenvalue weighted by Crippen LogP contribution is -2.37. The third-order valence-electron chi connectivity index (χ3n) is 10.2. The lowest BCUT2D eigenvalue weighted by Gasteiger charge is -2.28. The average molecular weight is 689 g/mol. The van der Waals surface area contributed by atoms with Gasteiger partial charge in [-0.05, 0) is 66.2 Å². The van der Waals surface area contributed by atoms with Crippen LogP contribution < -0.4 is 15.0 Å². The number of fused-ring (bicyclic) bond motifs is 7. The van der Waals surface area contributed by atoms with Crippen LogP contribution >= 0.6 is 0 Å². The van der Waals surface area contributed by atoms with Gasteiger partial charge in [0.05, 0.1) is 19.4 Å². The van der Waals surface area contributed by atoms with Gasteiger partial charge < -0.3 is 14.2 Å². The van der Waals surface area contributed by atoms with Crippen molar-refractivity contribution in [3.05, 3.63) is 175 Å². The van der Waals surface area contributed by atoms with Crippen molar-refractivity contribution in [1.82, 2.24) is 0 Å². The third kappa shape index (κ3) is 5.44. The quantitative estimate of drug-likeness (QED) is 0.155. The molecule has 0 unspecified atom stereocenters. The number of para-hydroxylation sites is 2. The highest BCUT2D eigenvalue weighted by molar-refractivity contribution is 6.88. The number of nitrogens with zero attached hydrogens (tertiary/aromatic N) is 2. The molecule has 9 aromatic rings. The van der Waals surface area contributed by atoms with E-state index in [9.17, 15) is 0 Å². The van der Waals surface area contributed by atoms with Crippen LogP contribution in [0.4, 0.5) is 34.1 Å². The Balaban J connectivity index is 1.33. The van der Waals surface area contributed by atoms with Crippen LogP contribution in [0.2, 0.25) is 19.6 Å². The van der Waals surface area contributed by atoms with E-state index < -0.39 is 8.07 Å². The summed E-state index contributed by atoms with van der Waals surface area (Å²) in [4.78, 5) is 4.72. The second-order valence-electron chi connectivity index (χ2n) is 14.7. The topological polar surface area (TPSA) is 19.6 Å². The molecule has 4 heteroatoms. The van der Waals surface area contributed by atoms with Gasteiger partial charge in [-0.15, -0.1) is 0 Å². The minimum absolute atomic E-state index is 0.866. The van der Waals surface area contributed by atoms with Gasteiger partial charge in [-0.2, -0.15) is 0 Å². The van der Waals surface area contributed by atoms with Gasteiger partial charge >= 0.3 is 0 Å². The highest BCUT2D eigenvalue weighted by Crippen LogP contribution is 2.48. The standard InChI is InChI=1S/C48H40N2OSi/c1-33-23-25-36(26-24-33)49(34-15-7-5-8-16-34)43-31-45-47(41-21-13-11-19-39(41)43)48-42-22-14-12-20-40(42)44(32-46(48)51-45)50(35-17-9-6-10-18-35)37-27-29-38(30-28-37)52(2,3)4/h5-32H,1-4H3. The summed E-state index contributed by atoms with van der Waals surface area (Å²) >= 11 is 0. The Morgan fingerprint density at radius 1 is 0.404 bits per heavy atom. The number of anilines is 6. The fourth-order valence-electron chi connectivity index (χ4n) is 7.64. The number of aryl methyl sites for hydroxylation is 1. The molecule has 1 aromatic heterocycles. The zero-order chi connectivity index (χ0) is 35.4. The van der Waals surface area contributed by atoms with E-state index >= 15 is 0 Å². The minimum atomic E-state index is -1.47. The van der Waals surface area contributed by atoms with E-state index in [1.54, 1.807) is 0 Å². The van der Waals surface area contributed by atoms with Crippen LogP contribution in [0.15, 0.2) is 174 Å². The summed E-state index contributed by atoms with van der Waals surface area (Å²) in [5.41, 5.74) is 9.55. The van der Waals surface area contributed by atoms with Gasteiger partial charge in [0.25, 0.3) is 0 Å². The zero-order valence-electron chi connectivity index (χ0n) is 30.0. The maximum atomic E-state index is 7.03. The third-order valence-corrected chi connectivity index (χ3v) is 12.3. The number of rotatable bonds is 7. The van der Waals surface area contributed by atoms with E-state index in [0.717, 1.165) is 56.1 Å².